The third kappa shape index (κ3) is 10.1. The van der Waals surface area contributed by atoms with Gasteiger partial charge in [0.25, 0.3) is 0 Å². The summed E-state index contributed by atoms with van der Waals surface area (Å²) in [5, 5.41) is 4.08. The van der Waals surface area contributed by atoms with Crippen molar-refractivity contribution in [3.8, 4) is 0 Å². The maximum absolute atomic E-state index is 5.18. The Morgan fingerprint density at radius 2 is 2.00 bits per heavy atom. The molecule has 3 heteroatoms. The van der Waals surface area contributed by atoms with Crippen LogP contribution in [0.3, 0.4) is 0 Å². The average Bonchev–Trinajstić information content (AvgIpc) is 1.69. The Balaban J connectivity index is 0. The van der Waals surface area contributed by atoms with Gasteiger partial charge in [0.2, 0.25) is 0 Å². The predicted molar refractivity (Wildman–Crippen MR) is 32.4 cm³/mol. The first-order valence-corrected chi connectivity index (χ1v) is 2.75. The fourth-order valence-corrected chi connectivity index (χ4v) is 0.361. The first-order chi connectivity index (χ1) is 3.41. The van der Waals surface area contributed by atoms with Gasteiger partial charge in [-0.05, 0) is 6.54 Å². The van der Waals surface area contributed by atoms with Gasteiger partial charge in [0.05, 0.1) is 0 Å². The maximum Gasteiger partial charge on any atom is 0 e. The minimum atomic E-state index is 0. The summed E-state index contributed by atoms with van der Waals surface area (Å²) in [5.74, 6) is 0. The van der Waals surface area contributed by atoms with Crippen molar-refractivity contribution >= 4 is 0 Å². The molecule has 0 fully saturated rings. The fraction of sp³-hybridized carbons (Fsp3) is 1.00. The molecule has 0 aromatic carbocycles. The van der Waals surface area contributed by atoms with Gasteiger partial charge in [0.1, 0.15) is 0 Å². The van der Waals surface area contributed by atoms with Crippen molar-refractivity contribution in [1.82, 2.24) is 0 Å². The van der Waals surface area contributed by atoms with E-state index in [0.29, 0.717) is 6.54 Å². The third-order valence-electron chi connectivity index (χ3n) is 0.669. The van der Waals surface area contributed by atoms with E-state index in [2.05, 4.69) is 12.2 Å². The van der Waals surface area contributed by atoms with Gasteiger partial charge < -0.3 is 11.1 Å². The molecule has 0 atom stereocenters. The summed E-state index contributed by atoms with van der Waals surface area (Å²) in [6, 6.07) is 0. The zero-order chi connectivity index (χ0) is 5.54. The summed E-state index contributed by atoms with van der Waals surface area (Å²) < 4.78 is 0. The van der Waals surface area contributed by atoms with Gasteiger partial charge in [0, 0.05) is 32.7 Å². The topological polar surface area (TPSA) is 40.1 Å². The Morgan fingerprint density at radius 3 is 2.38 bits per heavy atom. The molecule has 0 aliphatic rings. The molecular weight excluding hydrogens is 177 g/mol. The molecule has 2 N–H and O–H groups in total. The summed E-state index contributed by atoms with van der Waals surface area (Å²) in [4.78, 5) is 0. The number of nitrogens with zero attached hydrogens (tertiary/aromatic N) is 1. The Bertz CT molecular complexity index is 29.6. The van der Waals surface area contributed by atoms with E-state index >= 15 is 0 Å². The second-order valence-corrected chi connectivity index (χ2v) is 1.46. The van der Waals surface area contributed by atoms with E-state index in [-0.39, 0.29) is 32.7 Å². The Morgan fingerprint density at radius 1 is 1.38 bits per heavy atom. The molecule has 0 unspecified atom stereocenters. The fourth-order valence-electron chi connectivity index (χ4n) is 0.361. The van der Waals surface area contributed by atoms with Crippen LogP contribution in [0.1, 0.15) is 13.3 Å². The largest absolute Gasteiger partial charge is 0.661 e. The van der Waals surface area contributed by atoms with E-state index in [9.17, 15) is 0 Å². The first kappa shape index (κ1) is 11.8. The summed E-state index contributed by atoms with van der Waals surface area (Å²) in [6.45, 7) is 4.60. The Labute approximate surface area is 76.5 Å². The second-order valence-electron chi connectivity index (χ2n) is 1.46. The quantitative estimate of drug-likeness (QED) is 0.652. The molecule has 0 saturated carbocycles. The van der Waals surface area contributed by atoms with E-state index < -0.39 is 0 Å². The van der Waals surface area contributed by atoms with Crippen LogP contribution in [0.2, 0.25) is 0 Å². The molecular formula is C5H13N2Y-. The van der Waals surface area contributed by atoms with Gasteiger partial charge in [0.15, 0.2) is 0 Å². The van der Waals surface area contributed by atoms with E-state index in [1.807, 2.05) is 0 Å². The van der Waals surface area contributed by atoms with Gasteiger partial charge in [-0.3, -0.25) is 0 Å². The minimum Gasteiger partial charge on any atom is -0.661 e. The number of nitrogens with two attached hydrogens (primary N) is 1. The molecule has 0 bridgehead atoms. The van der Waals surface area contributed by atoms with Crippen molar-refractivity contribution in [3.05, 3.63) is 5.32 Å². The van der Waals surface area contributed by atoms with Gasteiger partial charge in [-0.1, -0.05) is 13.3 Å². The van der Waals surface area contributed by atoms with Gasteiger partial charge in [-0.2, -0.15) is 0 Å². The number of hydrogen-bond acceptors (Lipinski definition) is 1. The van der Waals surface area contributed by atoms with Crippen LogP contribution in [0.4, 0.5) is 0 Å². The second kappa shape index (κ2) is 10.9. The molecule has 0 amide bonds. The van der Waals surface area contributed by atoms with Crippen molar-refractivity contribution in [2.45, 2.75) is 13.3 Å². The van der Waals surface area contributed by atoms with Gasteiger partial charge >= 0.3 is 0 Å². The number of rotatable bonds is 4. The Kier molecular flexibility index (Phi) is 16.1. The van der Waals surface area contributed by atoms with Crippen molar-refractivity contribution < 1.29 is 32.7 Å². The molecule has 47 valence electrons. The standard InChI is InChI=1S/C5H13N2.Y/c1-2-4-7-5-3-6;/h2-6H2,1H3;/q-1;. The van der Waals surface area contributed by atoms with Crippen LogP contribution < -0.4 is 5.73 Å². The van der Waals surface area contributed by atoms with Crippen LogP contribution in [0.25, 0.3) is 5.32 Å². The summed E-state index contributed by atoms with van der Waals surface area (Å²) in [7, 11) is 0. The van der Waals surface area contributed by atoms with Crippen LogP contribution in [0, 0.1) is 0 Å². The van der Waals surface area contributed by atoms with E-state index in [1.165, 1.54) is 0 Å². The predicted octanol–water partition coefficient (Wildman–Crippen LogP) is 0.726. The zero-order valence-corrected chi connectivity index (χ0v) is 8.27. The third-order valence-corrected chi connectivity index (χ3v) is 0.669. The van der Waals surface area contributed by atoms with Crippen LogP contribution >= 0.6 is 0 Å². The average molecular weight is 190 g/mol. The summed E-state index contributed by atoms with van der Waals surface area (Å²) in [5.41, 5.74) is 5.18. The van der Waals surface area contributed by atoms with Crippen molar-refractivity contribution in [1.29, 1.82) is 0 Å². The molecule has 0 rings (SSSR count). The van der Waals surface area contributed by atoms with Crippen molar-refractivity contribution in [2.75, 3.05) is 19.6 Å². The van der Waals surface area contributed by atoms with Crippen LogP contribution in [0.15, 0.2) is 0 Å². The van der Waals surface area contributed by atoms with Gasteiger partial charge in [-0.25, -0.2) is 0 Å². The monoisotopic (exact) mass is 190 g/mol. The smallest absolute Gasteiger partial charge is 0 e. The zero-order valence-electron chi connectivity index (χ0n) is 5.43. The Hall–Kier alpha value is 1.02. The van der Waals surface area contributed by atoms with Crippen molar-refractivity contribution in [2.24, 2.45) is 5.73 Å². The summed E-state index contributed by atoms with van der Waals surface area (Å²) in [6.07, 6.45) is 1.14. The van der Waals surface area contributed by atoms with E-state index in [0.717, 1.165) is 19.5 Å². The van der Waals surface area contributed by atoms with E-state index in [1.54, 1.807) is 0 Å². The van der Waals surface area contributed by atoms with E-state index in [4.69, 9.17) is 5.73 Å². The molecule has 0 aromatic heterocycles. The maximum atomic E-state index is 5.18. The normalized spacial score (nSPS) is 8.25. The molecule has 2 nitrogen and oxygen atoms in total. The SMILES string of the molecule is CCC[N-]CCN.[Y]. The minimum absolute atomic E-state index is 0. The first-order valence-electron chi connectivity index (χ1n) is 2.75. The summed E-state index contributed by atoms with van der Waals surface area (Å²) >= 11 is 0. The molecule has 1 radical (unpaired) electrons. The molecule has 0 saturated heterocycles. The molecule has 0 aliphatic carbocycles. The molecule has 0 aromatic rings. The van der Waals surface area contributed by atoms with Crippen LogP contribution in [-0.4, -0.2) is 19.6 Å². The molecule has 0 spiro atoms. The van der Waals surface area contributed by atoms with Crippen LogP contribution in [0.5, 0.6) is 0 Å². The molecule has 0 aliphatic heterocycles. The molecule has 8 heavy (non-hydrogen) atoms. The van der Waals surface area contributed by atoms with Gasteiger partial charge in [-0.15, -0.1) is 13.1 Å². The van der Waals surface area contributed by atoms with Crippen LogP contribution in [-0.2, 0) is 32.7 Å². The van der Waals surface area contributed by atoms with Crippen molar-refractivity contribution in [3.63, 3.8) is 0 Å². The molecule has 0 heterocycles. The number of hydrogen-bond donors (Lipinski definition) is 1.